The van der Waals surface area contributed by atoms with Gasteiger partial charge in [0.2, 0.25) is 0 Å². The number of aromatic nitrogens is 3. The molecule has 2 aromatic carbocycles. The van der Waals surface area contributed by atoms with E-state index in [-0.39, 0.29) is 0 Å². The van der Waals surface area contributed by atoms with Gasteiger partial charge in [0.05, 0.1) is 5.69 Å². The third-order valence-electron chi connectivity index (χ3n) is 5.48. The van der Waals surface area contributed by atoms with Crippen LogP contribution in [0.2, 0.25) is 0 Å². The third kappa shape index (κ3) is 3.87. The molecular weight excluding hydrogens is 394 g/mol. The van der Waals surface area contributed by atoms with E-state index in [1.807, 2.05) is 35.3 Å². The second kappa shape index (κ2) is 8.02. The quantitative estimate of drug-likeness (QED) is 0.486. The summed E-state index contributed by atoms with van der Waals surface area (Å²) in [6.07, 6.45) is 6.61. The van der Waals surface area contributed by atoms with Gasteiger partial charge in [-0.2, -0.15) is 5.10 Å². The normalized spacial score (nSPS) is 14.5. The smallest absolute Gasteiger partial charge is 0.185 e. The van der Waals surface area contributed by atoms with Crippen LogP contribution in [-0.4, -0.2) is 26.4 Å². The summed E-state index contributed by atoms with van der Waals surface area (Å²) in [6.45, 7) is 1.75. The Hall–Kier alpha value is -3.00. The lowest BCUT2D eigenvalue weighted by atomic mass is 9.97. The van der Waals surface area contributed by atoms with Gasteiger partial charge in [-0.05, 0) is 46.9 Å². The van der Waals surface area contributed by atoms with Gasteiger partial charge >= 0.3 is 0 Å². The van der Waals surface area contributed by atoms with Crippen molar-refractivity contribution in [2.45, 2.75) is 25.6 Å². The van der Waals surface area contributed by atoms with Crippen molar-refractivity contribution in [1.29, 1.82) is 0 Å². The van der Waals surface area contributed by atoms with Crippen molar-refractivity contribution in [1.82, 2.24) is 14.8 Å². The molecule has 3 N–H and O–H groups in total. The van der Waals surface area contributed by atoms with E-state index in [1.165, 1.54) is 21.6 Å². The zero-order valence-corrected chi connectivity index (χ0v) is 17.3. The Kier molecular flexibility index (Phi) is 5.08. The summed E-state index contributed by atoms with van der Waals surface area (Å²) in [7, 11) is 0. The zero-order chi connectivity index (χ0) is 20.5. The molecule has 0 spiro atoms. The van der Waals surface area contributed by atoms with Crippen molar-refractivity contribution in [3.05, 3.63) is 94.3 Å². The molecule has 0 aliphatic carbocycles. The number of thiazole rings is 1. The number of hydrogen-bond donors (Lipinski definition) is 2. The maximum Gasteiger partial charge on any atom is 0.185 e. The van der Waals surface area contributed by atoms with Crippen LogP contribution in [0.25, 0.3) is 5.69 Å². The molecular formula is C23H23N5OS. The Morgan fingerprint density at radius 3 is 2.77 bits per heavy atom. The number of benzene rings is 2. The molecule has 1 atom stereocenters. The van der Waals surface area contributed by atoms with Crippen LogP contribution < -0.4 is 10.6 Å². The molecule has 3 heterocycles. The van der Waals surface area contributed by atoms with Crippen molar-refractivity contribution < 1.29 is 5.11 Å². The second-order valence-corrected chi connectivity index (χ2v) is 8.64. The number of nitrogens with zero attached hydrogens (tertiary/aromatic N) is 4. The Morgan fingerprint density at radius 1 is 1.13 bits per heavy atom. The Labute approximate surface area is 179 Å². The zero-order valence-electron chi connectivity index (χ0n) is 16.5. The molecule has 152 valence electrons. The molecule has 4 aromatic rings. The van der Waals surface area contributed by atoms with E-state index in [0.717, 1.165) is 42.3 Å². The van der Waals surface area contributed by atoms with Gasteiger partial charge in [0.15, 0.2) is 5.13 Å². The van der Waals surface area contributed by atoms with E-state index >= 15 is 0 Å². The minimum Gasteiger partial charge on any atom is -0.375 e. The molecule has 0 saturated carbocycles. The molecule has 1 aliphatic heterocycles. The predicted octanol–water partition coefficient (Wildman–Crippen LogP) is 3.43. The van der Waals surface area contributed by atoms with Gasteiger partial charge in [-0.3, -0.25) is 0 Å². The molecule has 2 aromatic heterocycles. The van der Waals surface area contributed by atoms with E-state index in [1.54, 1.807) is 17.5 Å². The fourth-order valence-electron chi connectivity index (χ4n) is 3.83. The highest BCUT2D eigenvalue weighted by Crippen LogP contribution is 2.30. The molecule has 1 aliphatic rings. The first kappa shape index (κ1) is 19.0. The lowest BCUT2D eigenvalue weighted by molar-refractivity contribution is 0.186. The van der Waals surface area contributed by atoms with Crippen LogP contribution in [0.1, 0.15) is 33.4 Å². The summed E-state index contributed by atoms with van der Waals surface area (Å²) < 4.78 is 1.86. The molecule has 7 heteroatoms. The van der Waals surface area contributed by atoms with Gasteiger partial charge in [0.1, 0.15) is 6.23 Å². The maximum absolute atomic E-state index is 9.60. The first-order chi connectivity index (χ1) is 14.7. The number of aliphatic hydroxyl groups excluding tert-OH is 1. The van der Waals surface area contributed by atoms with Gasteiger partial charge in [0, 0.05) is 43.0 Å². The first-order valence-electron chi connectivity index (χ1n) is 10.00. The number of hydrogen-bond acceptors (Lipinski definition) is 6. The summed E-state index contributed by atoms with van der Waals surface area (Å²) in [4.78, 5) is 8.27. The van der Waals surface area contributed by atoms with E-state index in [0.29, 0.717) is 0 Å². The fourth-order valence-corrected chi connectivity index (χ4v) is 4.80. The average Bonchev–Trinajstić information content (AvgIpc) is 3.46. The van der Waals surface area contributed by atoms with Crippen LogP contribution in [0.5, 0.6) is 0 Å². The van der Waals surface area contributed by atoms with E-state index in [2.05, 4.69) is 45.3 Å². The van der Waals surface area contributed by atoms with Gasteiger partial charge in [-0.1, -0.05) is 30.3 Å². The summed E-state index contributed by atoms with van der Waals surface area (Å²) in [5.41, 5.74) is 11.2. The lowest BCUT2D eigenvalue weighted by Gasteiger charge is -2.29. The van der Waals surface area contributed by atoms with E-state index in [9.17, 15) is 5.11 Å². The monoisotopic (exact) mass is 417 g/mol. The number of fused-ring (bicyclic) bond motifs is 1. The molecule has 1 unspecified atom stereocenters. The fraction of sp³-hybridized carbons (Fsp3) is 0.217. The highest BCUT2D eigenvalue weighted by atomic mass is 32.1. The van der Waals surface area contributed by atoms with Crippen LogP contribution in [0.4, 0.5) is 5.13 Å². The van der Waals surface area contributed by atoms with Crippen LogP contribution in [0.15, 0.2) is 67.1 Å². The largest absolute Gasteiger partial charge is 0.375 e. The molecule has 0 saturated heterocycles. The number of nitrogens with two attached hydrogens (primary N) is 1. The molecule has 0 radical (unpaired) electrons. The van der Waals surface area contributed by atoms with Crippen molar-refractivity contribution >= 4 is 16.5 Å². The standard InChI is InChI=1S/C23H23N5OS/c24-22(29)18-4-5-19-15-27(11-8-17(19)13-18)23-25-14-21(30-23)12-16-2-6-20(7-3-16)28-10-1-9-26-28/h1-7,9-10,13-14,22,29H,8,11-12,15,24H2. The maximum atomic E-state index is 9.60. The minimum absolute atomic E-state index is 0.775. The topological polar surface area (TPSA) is 80.2 Å². The number of anilines is 1. The van der Waals surface area contributed by atoms with Gasteiger partial charge < -0.3 is 15.7 Å². The summed E-state index contributed by atoms with van der Waals surface area (Å²) >= 11 is 1.76. The van der Waals surface area contributed by atoms with Crippen LogP contribution in [0, 0.1) is 0 Å². The first-order valence-corrected chi connectivity index (χ1v) is 10.8. The van der Waals surface area contributed by atoms with Gasteiger partial charge in [-0.15, -0.1) is 11.3 Å². The SMILES string of the molecule is NC(O)c1ccc2c(c1)CCN(c1ncc(Cc3ccc(-n4cccn4)cc3)s1)C2. The van der Waals surface area contributed by atoms with E-state index < -0.39 is 6.23 Å². The Balaban J connectivity index is 1.27. The molecule has 30 heavy (non-hydrogen) atoms. The predicted molar refractivity (Wildman–Crippen MR) is 119 cm³/mol. The number of aliphatic hydroxyl groups is 1. The Bertz CT molecular complexity index is 1130. The highest BCUT2D eigenvalue weighted by Gasteiger charge is 2.20. The minimum atomic E-state index is -0.913. The number of rotatable bonds is 5. The van der Waals surface area contributed by atoms with Crippen LogP contribution in [0.3, 0.4) is 0 Å². The van der Waals surface area contributed by atoms with Crippen LogP contribution >= 0.6 is 11.3 Å². The van der Waals surface area contributed by atoms with E-state index in [4.69, 9.17) is 5.73 Å². The van der Waals surface area contributed by atoms with Crippen LogP contribution in [-0.2, 0) is 19.4 Å². The average molecular weight is 418 g/mol. The molecule has 6 nitrogen and oxygen atoms in total. The van der Waals surface area contributed by atoms with Crippen molar-refractivity contribution in [3.8, 4) is 5.69 Å². The summed E-state index contributed by atoms with van der Waals surface area (Å²) in [5, 5.41) is 14.9. The molecule has 0 fully saturated rings. The third-order valence-corrected chi connectivity index (χ3v) is 6.54. The van der Waals surface area contributed by atoms with Crippen molar-refractivity contribution in [2.75, 3.05) is 11.4 Å². The van der Waals surface area contributed by atoms with Crippen molar-refractivity contribution in [2.24, 2.45) is 5.73 Å². The molecule has 0 amide bonds. The van der Waals surface area contributed by atoms with Crippen molar-refractivity contribution in [3.63, 3.8) is 0 Å². The second-order valence-electron chi connectivity index (χ2n) is 7.55. The highest BCUT2D eigenvalue weighted by molar-refractivity contribution is 7.15. The lowest BCUT2D eigenvalue weighted by Crippen LogP contribution is -2.30. The molecule has 0 bridgehead atoms. The summed E-state index contributed by atoms with van der Waals surface area (Å²) in [5.74, 6) is 0. The molecule has 5 rings (SSSR count). The van der Waals surface area contributed by atoms with Gasteiger partial charge in [-0.25, -0.2) is 9.67 Å². The van der Waals surface area contributed by atoms with Gasteiger partial charge in [0.25, 0.3) is 0 Å². The summed E-state index contributed by atoms with van der Waals surface area (Å²) in [6, 6.07) is 16.4. The Morgan fingerprint density at radius 2 is 2.00 bits per heavy atom.